The van der Waals surface area contributed by atoms with Crippen LogP contribution in [0.15, 0.2) is 0 Å². The molecule has 0 bridgehead atoms. The van der Waals surface area contributed by atoms with Crippen LogP contribution in [0.1, 0.15) is 26.2 Å². The van der Waals surface area contributed by atoms with Crippen LogP contribution in [0.5, 0.6) is 0 Å². The molecular formula is C9H18FN. The Hall–Kier alpha value is -0.110. The van der Waals surface area contributed by atoms with Gasteiger partial charge in [0.05, 0.1) is 6.67 Å². The molecule has 0 saturated carbocycles. The molecule has 2 atom stereocenters. The van der Waals surface area contributed by atoms with Gasteiger partial charge in [0.15, 0.2) is 0 Å². The Morgan fingerprint density at radius 3 is 2.73 bits per heavy atom. The minimum atomic E-state index is -0.134. The average Bonchev–Trinajstić information content (AvgIpc) is 2.33. The van der Waals surface area contributed by atoms with Crippen molar-refractivity contribution in [3.05, 3.63) is 0 Å². The van der Waals surface area contributed by atoms with E-state index in [2.05, 4.69) is 18.9 Å². The van der Waals surface area contributed by atoms with E-state index >= 15 is 0 Å². The molecule has 1 saturated heterocycles. The highest BCUT2D eigenvalue weighted by Crippen LogP contribution is 2.24. The molecule has 0 radical (unpaired) electrons. The van der Waals surface area contributed by atoms with E-state index in [1.807, 2.05) is 0 Å². The van der Waals surface area contributed by atoms with E-state index in [0.29, 0.717) is 12.0 Å². The van der Waals surface area contributed by atoms with Crippen molar-refractivity contribution in [3.8, 4) is 0 Å². The molecular weight excluding hydrogens is 141 g/mol. The summed E-state index contributed by atoms with van der Waals surface area (Å²) in [5.74, 6) is 0.316. The molecule has 11 heavy (non-hydrogen) atoms. The van der Waals surface area contributed by atoms with Gasteiger partial charge in [-0.1, -0.05) is 13.3 Å². The number of rotatable bonds is 3. The smallest absolute Gasteiger partial charge is 0.0935 e. The number of likely N-dealkylation sites (tertiary alicyclic amines) is 1. The Labute approximate surface area is 68.6 Å². The van der Waals surface area contributed by atoms with E-state index in [4.69, 9.17) is 0 Å². The molecule has 2 heteroatoms. The van der Waals surface area contributed by atoms with Gasteiger partial charge in [-0.25, -0.2) is 0 Å². The fraction of sp³-hybridized carbons (Fsp3) is 1.00. The summed E-state index contributed by atoms with van der Waals surface area (Å²) in [5, 5.41) is 0. The first-order chi connectivity index (χ1) is 5.27. The molecule has 0 unspecified atom stereocenters. The van der Waals surface area contributed by atoms with Crippen molar-refractivity contribution < 1.29 is 4.39 Å². The normalized spacial score (nSPS) is 33.0. The van der Waals surface area contributed by atoms with Crippen LogP contribution in [0.25, 0.3) is 0 Å². The van der Waals surface area contributed by atoms with Crippen molar-refractivity contribution in [2.24, 2.45) is 5.92 Å². The van der Waals surface area contributed by atoms with Crippen LogP contribution in [-0.4, -0.2) is 31.2 Å². The molecule has 1 nitrogen and oxygen atoms in total. The predicted molar refractivity (Wildman–Crippen MR) is 45.4 cm³/mol. The number of alkyl halides is 1. The average molecular weight is 159 g/mol. The maximum Gasteiger partial charge on any atom is 0.0935 e. The third-order valence-corrected chi connectivity index (χ3v) is 2.62. The third-order valence-electron chi connectivity index (χ3n) is 2.62. The van der Waals surface area contributed by atoms with E-state index in [9.17, 15) is 4.39 Å². The lowest BCUT2D eigenvalue weighted by Gasteiger charge is -2.17. The van der Waals surface area contributed by atoms with Crippen molar-refractivity contribution >= 4 is 0 Å². The largest absolute Gasteiger partial charge is 0.303 e. The molecule has 0 amide bonds. The zero-order chi connectivity index (χ0) is 8.27. The van der Waals surface area contributed by atoms with Crippen LogP contribution in [0, 0.1) is 5.92 Å². The SMILES string of the molecule is CCC[C@@H]1C[C@@H](CF)CN1C. The van der Waals surface area contributed by atoms with Gasteiger partial charge in [0, 0.05) is 18.5 Å². The van der Waals surface area contributed by atoms with E-state index < -0.39 is 0 Å². The molecule has 0 aromatic rings. The topological polar surface area (TPSA) is 3.24 Å². The lowest BCUT2D eigenvalue weighted by atomic mass is 10.0. The monoisotopic (exact) mass is 159 g/mol. The maximum atomic E-state index is 12.3. The molecule has 0 aromatic heterocycles. The van der Waals surface area contributed by atoms with E-state index in [0.717, 1.165) is 13.0 Å². The van der Waals surface area contributed by atoms with E-state index in [1.54, 1.807) is 0 Å². The summed E-state index contributed by atoms with van der Waals surface area (Å²) >= 11 is 0. The lowest BCUT2D eigenvalue weighted by molar-refractivity contribution is 0.288. The second-order valence-corrected chi connectivity index (χ2v) is 3.64. The minimum absolute atomic E-state index is 0.134. The van der Waals surface area contributed by atoms with Gasteiger partial charge in [-0.2, -0.15) is 0 Å². The molecule has 1 rings (SSSR count). The van der Waals surface area contributed by atoms with Crippen LogP contribution < -0.4 is 0 Å². The molecule has 1 fully saturated rings. The van der Waals surface area contributed by atoms with Crippen molar-refractivity contribution in [3.63, 3.8) is 0 Å². The van der Waals surface area contributed by atoms with Gasteiger partial charge in [-0.3, -0.25) is 4.39 Å². The van der Waals surface area contributed by atoms with Crippen LogP contribution in [0.2, 0.25) is 0 Å². The second kappa shape index (κ2) is 4.05. The van der Waals surface area contributed by atoms with Crippen molar-refractivity contribution in [2.75, 3.05) is 20.3 Å². The Bertz CT molecular complexity index is 116. The summed E-state index contributed by atoms with van der Waals surface area (Å²) < 4.78 is 12.3. The number of nitrogens with zero attached hydrogens (tertiary/aromatic N) is 1. The molecule has 0 N–H and O–H groups in total. The summed E-state index contributed by atoms with van der Waals surface area (Å²) in [6.07, 6.45) is 3.52. The highest BCUT2D eigenvalue weighted by molar-refractivity contribution is 4.82. The Morgan fingerprint density at radius 1 is 1.55 bits per heavy atom. The first-order valence-electron chi connectivity index (χ1n) is 4.54. The van der Waals surface area contributed by atoms with Gasteiger partial charge in [-0.15, -0.1) is 0 Å². The van der Waals surface area contributed by atoms with Crippen LogP contribution in [0.4, 0.5) is 4.39 Å². The van der Waals surface area contributed by atoms with Crippen LogP contribution >= 0.6 is 0 Å². The standard InChI is InChI=1S/C9H18FN/c1-3-4-9-5-8(6-10)7-11(9)2/h8-9H,3-7H2,1-2H3/t8-,9+/m0/s1. The minimum Gasteiger partial charge on any atom is -0.303 e. The van der Waals surface area contributed by atoms with Crippen LogP contribution in [0.3, 0.4) is 0 Å². The fourth-order valence-corrected chi connectivity index (χ4v) is 1.98. The van der Waals surface area contributed by atoms with E-state index in [-0.39, 0.29) is 6.67 Å². The molecule has 66 valence electrons. The molecule has 1 aliphatic heterocycles. The van der Waals surface area contributed by atoms with Gasteiger partial charge in [0.2, 0.25) is 0 Å². The molecule has 0 aliphatic carbocycles. The van der Waals surface area contributed by atoms with Crippen molar-refractivity contribution in [1.82, 2.24) is 4.90 Å². The highest BCUT2D eigenvalue weighted by atomic mass is 19.1. The lowest BCUT2D eigenvalue weighted by Crippen LogP contribution is -2.24. The zero-order valence-corrected chi connectivity index (χ0v) is 7.52. The first-order valence-corrected chi connectivity index (χ1v) is 4.54. The van der Waals surface area contributed by atoms with Crippen molar-refractivity contribution in [2.45, 2.75) is 32.2 Å². The van der Waals surface area contributed by atoms with E-state index in [1.165, 1.54) is 12.8 Å². The van der Waals surface area contributed by atoms with Crippen molar-refractivity contribution in [1.29, 1.82) is 0 Å². The summed E-state index contributed by atoms with van der Waals surface area (Å²) in [7, 11) is 2.11. The third kappa shape index (κ3) is 2.16. The Kier molecular flexibility index (Phi) is 3.31. The number of hydrogen-bond acceptors (Lipinski definition) is 1. The van der Waals surface area contributed by atoms with Gasteiger partial charge in [0.25, 0.3) is 0 Å². The number of hydrogen-bond donors (Lipinski definition) is 0. The highest BCUT2D eigenvalue weighted by Gasteiger charge is 2.28. The molecule has 1 aliphatic rings. The maximum absolute atomic E-state index is 12.3. The summed E-state index contributed by atoms with van der Waals surface area (Å²) in [4.78, 5) is 2.30. The Morgan fingerprint density at radius 2 is 2.27 bits per heavy atom. The van der Waals surface area contributed by atoms with Crippen LogP contribution in [-0.2, 0) is 0 Å². The zero-order valence-electron chi connectivity index (χ0n) is 7.52. The van der Waals surface area contributed by atoms with Gasteiger partial charge < -0.3 is 4.90 Å². The number of halogens is 1. The second-order valence-electron chi connectivity index (χ2n) is 3.64. The molecule has 1 heterocycles. The Balaban J connectivity index is 2.32. The quantitative estimate of drug-likeness (QED) is 0.609. The summed E-state index contributed by atoms with van der Waals surface area (Å²) in [5.41, 5.74) is 0. The fourth-order valence-electron chi connectivity index (χ4n) is 1.98. The first kappa shape index (κ1) is 8.98. The summed E-state index contributed by atoms with van der Waals surface area (Å²) in [6.45, 7) is 3.02. The summed E-state index contributed by atoms with van der Waals surface area (Å²) in [6, 6.07) is 0.653. The molecule has 0 spiro atoms. The van der Waals surface area contributed by atoms with Gasteiger partial charge in [0.1, 0.15) is 0 Å². The van der Waals surface area contributed by atoms with Gasteiger partial charge in [-0.05, 0) is 19.9 Å². The van der Waals surface area contributed by atoms with Gasteiger partial charge >= 0.3 is 0 Å². The predicted octanol–water partition coefficient (Wildman–Crippen LogP) is 2.08. The molecule has 0 aromatic carbocycles.